The molecule has 400 valence electrons. The van der Waals surface area contributed by atoms with E-state index in [4.69, 9.17) is 16.7 Å². The van der Waals surface area contributed by atoms with Crippen LogP contribution in [0, 0.1) is 0 Å². The molecule has 6 heterocycles. The monoisotopic (exact) mass is 1210 g/mol. The minimum atomic E-state index is -0.801. The van der Waals surface area contributed by atoms with Crippen molar-refractivity contribution in [3.8, 4) is 11.3 Å². The number of anilines is 2. The van der Waals surface area contributed by atoms with Gasteiger partial charge in [-0.05, 0) is 93.5 Å². The van der Waals surface area contributed by atoms with Crippen molar-refractivity contribution in [2.45, 2.75) is 29.3 Å². The lowest BCUT2D eigenvalue weighted by atomic mass is 9.77. The van der Waals surface area contributed by atoms with E-state index in [0.717, 1.165) is 93.0 Å². The molecule has 0 amide bonds. The van der Waals surface area contributed by atoms with Crippen LogP contribution in [0.4, 0.5) is 20.4 Å². The van der Waals surface area contributed by atoms with Crippen molar-refractivity contribution in [1.29, 1.82) is 0 Å². The third-order valence-corrected chi connectivity index (χ3v) is 16.8. The van der Waals surface area contributed by atoms with Gasteiger partial charge in [-0.1, -0.05) is 220 Å². The molecule has 0 atom stereocenters. The lowest BCUT2D eigenvalue weighted by Crippen LogP contribution is -2.48. The van der Waals surface area contributed by atoms with Crippen LogP contribution < -0.4 is 9.80 Å². The first-order chi connectivity index (χ1) is 39.7. The summed E-state index contributed by atoms with van der Waals surface area (Å²) in [5, 5.41) is 6.46. The van der Waals surface area contributed by atoms with Crippen LogP contribution in [0.25, 0.3) is 22.2 Å². The fourth-order valence-corrected chi connectivity index (χ4v) is 12.2. The number of benzene rings is 8. The minimum Gasteiger partial charge on any atom is -0.351 e. The first-order valence-corrected chi connectivity index (χ1v) is 28.9. The maximum atomic E-state index is 13.7. The third-order valence-electron chi connectivity index (χ3n) is 15.1. The summed E-state index contributed by atoms with van der Waals surface area (Å²) in [4.78, 5) is 16.8. The zero-order chi connectivity index (χ0) is 55.3. The van der Waals surface area contributed by atoms with Crippen LogP contribution in [0.2, 0.25) is 0 Å². The van der Waals surface area contributed by atoms with Gasteiger partial charge in [-0.3, -0.25) is 4.99 Å². The molecule has 12 heteroatoms. The lowest BCUT2D eigenvalue weighted by molar-refractivity contribution is 0.273. The van der Waals surface area contributed by atoms with Gasteiger partial charge in [0.15, 0.2) is 0 Å². The van der Waals surface area contributed by atoms with Crippen LogP contribution in [0.3, 0.4) is 0 Å². The number of aliphatic imine (C=N–C) groups is 1. The van der Waals surface area contributed by atoms with Crippen molar-refractivity contribution in [3.05, 3.63) is 314 Å². The van der Waals surface area contributed by atoms with Crippen molar-refractivity contribution >= 4 is 71.7 Å². The highest BCUT2D eigenvalue weighted by Crippen LogP contribution is 2.46. The van der Waals surface area contributed by atoms with Crippen LogP contribution in [-0.4, -0.2) is 64.0 Å². The van der Waals surface area contributed by atoms with Crippen molar-refractivity contribution in [2.75, 3.05) is 36.0 Å². The molecule has 11 aromatic rings. The van der Waals surface area contributed by atoms with Gasteiger partial charge in [0.2, 0.25) is 0 Å². The van der Waals surface area contributed by atoms with Gasteiger partial charge < -0.3 is 9.80 Å². The second-order valence-electron chi connectivity index (χ2n) is 20.3. The molecule has 14 rings (SSSR count). The van der Waals surface area contributed by atoms with E-state index in [-0.39, 0.29) is 0 Å². The van der Waals surface area contributed by atoms with Crippen molar-refractivity contribution in [2.24, 2.45) is 4.99 Å². The highest BCUT2D eigenvalue weighted by molar-refractivity contribution is 9.10. The van der Waals surface area contributed by atoms with E-state index >= 15 is 0 Å². The summed E-state index contributed by atoms with van der Waals surface area (Å²) in [5.74, 6) is 1.59. The van der Waals surface area contributed by atoms with Gasteiger partial charge in [0.25, 0.3) is 0 Å². The van der Waals surface area contributed by atoms with Crippen LogP contribution >= 0.6 is 43.5 Å². The number of rotatable bonds is 11. The predicted octanol–water partition coefficient (Wildman–Crippen LogP) is 16.4. The largest absolute Gasteiger partial charge is 0.351 e. The Bertz CT molecular complexity index is 3760. The number of fused-ring (bicyclic) bond motifs is 2. The van der Waals surface area contributed by atoms with Gasteiger partial charge in [-0.15, -0.1) is 11.6 Å². The second-order valence-corrected chi connectivity index (χ2v) is 22.7. The van der Waals surface area contributed by atoms with Crippen LogP contribution in [0.5, 0.6) is 0 Å². The van der Waals surface area contributed by atoms with Gasteiger partial charge in [-0.25, -0.2) is 23.4 Å². The Morgan fingerprint density at radius 1 is 0.457 bits per heavy atom. The molecular formula is C69H54Br2ClF2N7. The summed E-state index contributed by atoms with van der Waals surface area (Å²) < 4.78 is 30.9. The van der Waals surface area contributed by atoms with Crippen molar-refractivity contribution < 1.29 is 8.78 Å². The smallest absolute Gasteiger partial charge is 0.138 e. The Kier molecular flexibility index (Phi) is 15.6. The summed E-state index contributed by atoms with van der Waals surface area (Å²) >= 11 is 14.3. The summed E-state index contributed by atoms with van der Waals surface area (Å²) in [6, 6.07) is 82.9. The third kappa shape index (κ3) is 10.7. The Morgan fingerprint density at radius 2 is 0.864 bits per heavy atom. The van der Waals surface area contributed by atoms with Gasteiger partial charge in [0.1, 0.15) is 40.1 Å². The maximum absolute atomic E-state index is 13.7. The topological polar surface area (TPSA) is 62.4 Å². The van der Waals surface area contributed by atoms with E-state index in [1.165, 1.54) is 5.56 Å². The van der Waals surface area contributed by atoms with Crippen molar-refractivity contribution in [3.63, 3.8) is 0 Å². The van der Waals surface area contributed by atoms with E-state index in [2.05, 4.69) is 191 Å². The number of nitrogens with zero attached hydrogens (tertiary/aromatic N) is 7. The molecule has 0 bridgehead atoms. The van der Waals surface area contributed by atoms with Crippen LogP contribution in [-0.2, 0) is 17.0 Å². The number of pyridine rings is 2. The lowest BCUT2D eigenvalue weighted by Gasteiger charge is -2.37. The van der Waals surface area contributed by atoms with E-state index in [1.807, 2.05) is 113 Å². The first kappa shape index (κ1) is 53.5. The predicted molar refractivity (Wildman–Crippen MR) is 332 cm³/mol. The van der Waals surface area contributed by atoms with Gasteiger partial charge >= 0.3 is 0 Å². The molecule has 7 nitrogen and oxygen atoms in total. The Morgan fingerprint density at radius 3 is 1.32 bits per heavy atom. The molecule has 0 radical (unpaired) electrons. The van der Waals surface area contributed by atoms with Crippen LogP contribution in [0.1, 0.15) is 50.1 Å². The highest BCUT2D eigenvalue weighted by Gasteiger charge is 2.41. The van der Waals surface area contributed by atoms with Gasteiger partial charge in [0, 0.05) is 43.4 Å². The van der Waals surface area contributed by atoms with Crippen LogP contribution in [0.15, 0.2) is 269 Å². The molecule has 0 saturated carbocycles. The van der Waals surface area contributed by atoms with Gasteiger partial charge in [0.05, 0.1) is 44.0 Å². The molecule has 2 saturated heterocycles. The average molecular weight is 1210 g/mol. The molecule has 3 aliphatic rings. The zero-order valence-electron chi connectivity index (χ0n) is 44.0. The number of hydrogen-bond acceptors (Lipinski definition) is 6. The average Bonchev–Trinajstić information content (AvgIpc) is 4.34. The zero-order valence-corrected chi connectivity index (χ0v) is 47.9. The number of alkyl halides is 3. The fourth-order valence-electron chi connectivity index (χ4n) is 11.1. The molecule has 0 N–H and O–H groups in total. The number of hydrogen-bond donors (Lipinski definition) is 0. The first-order valence-electron chi connectivity index (χ1n) is 26.9. The summed E-state index contributed by atoms with van der Waals surface area (Å²) in [5.41, 5.74) is 13.0. The van der Waals surface area contributed by atoms with E-state index < -0.39 is 22.8 Å². The SMILES string of the molecule is ClC(c1ccccc1)(c1ccccc1)c1ccccc1.FC1CN(c2cc(-c3nn(C(c4ccccc4)(c4ccccc4)c4ccccc4)c4ccc(Br)cc34)ccn2)C1.FC1CN(c2cc(C3=NCc4ccc(Br)cc43)ccn2)C1. The number of aromatic nitrogens is 4. The molecule has 3 aliphatic heterocycles. The maximum Gasteiger partial charge on any atom is 0.138 e. The van der Waals surface area contributed by atoms with E-state index in [0.29, 0.717) is 32.7 Å². The molecule has 0 spiro atoms. The van der Waals surface area contributed by atoms with Crippen molar-refractivity contribution in [1.82, 2.24) is 19.7 Å². The molecule has 2 fully saturated rings. The molecule has 8 aromatic carbocycles. The molecular weight excluding hydrogens is 1160 g/mol. The van der Waals surface area contributed by atoms with Gasteiger partial charge in [-0.2, -0.15) is 5.10 Å². The summed E-state index contributed by atoms with van der Waals surface area (Å²) in [7, 11) is 0. The highest BCUT2D eigenvalue weighted by atomic mass is 79.9. The molecule has 0 unspecified atom stereocenters. The Balaban J connectivity index is 0.000000133. The second kappa shape index (κ2) is 23.6. The number of halogens is 5. The minimum absolute atomic E-state index is 0.371. The normalized spacial score (nSPS) is 14.2. The summed E-state index contributed by atoms with van der Waals surface area (Å²) in [6.07, 6.45) is 2.03. The molecule has 3 aromatic heterocycles. The standard InChI is InChI=1S/C34H26BrFN4.C19H15Cl.C16H13BrFN3/c35-28-16-17-31-30(21-28)33(24-18-19-37-32(20-24)39-22-29(36)23-39)38-40(31)34(25-10-4-1-5-11-25,26-12-6-2-7-13-26)27-14-8-3-9-15-27;20-19(16-10-4-1-5-11-16,17-12-6-2-7-13-17)18-14-8-3-9-15-18;17-12-2-1-11-7-20-16(14(11)6-12)10-3-4-19-15(5-10)21-8-13(18)9-21/h1-21,29H,22-23H2;1-15H;1-6,13H,7-9H2. The van der Waals surface area contributed by atoms with E-state index in [9.17, 15) is 8.78 Å². The summed E-state index contributed by atoms with van der Waals surface area (Å²) in [6.45, 7) is 2.33. The van der Waals surface area contributed by atoms with E-state index in [1.54, 1.807) is 12.4 Å². The molecule has 0 aliphatic carbocycles. The molecule has 81 heavy (non-hydrogen) atoms. The Labute approximate surface area is 492 Å². The fraction of sp³-hybridized carbons (Fsp3) is 0.130. The quantitative estimate of drug-likeness (QED) is 0.0954. The Hall–Kier alpha value is -8.09.